The van der Waals surface area contributed by atoms with Crippen molar-refractivity contribution in [2.45, 2.75) is 13.3 Å². The minimum atomic E-state index is -0.541. The molecule has 0 fully saturated rings. The van der Waals surface area contributed by atoms with Gasteiger partial charge < -0.3 is 4.74 Å². The van der Waals surface area contributed by atoms with Crippen molar-refractivity contribution in [3.8, 4) is 5.75 Å². The van der Waals surface area contributed by atoms with E-state index in [1.165, 1.54) is 48.7 Å². The summed E-state index contributed by atoms with van der Waals surface area (Å²) >= 11 is 0. The monoisotopic (exact) mass is 372 g/mol. The smallest absolute Gasteiger partial charge is 0.270 e. The summed E-state index contributed by atoms with van der Waals surface area (Å²) in [4.78, 5) is 32.3. The zero-order chi connectivity index (χ0) is 19.8. The molecule has 2 aromatic rings. The molecule has 10 heteroatoms. The standard InChI is InChI=1S/C17H16N4O6/c1-2-27-16-8-7-15(21(25)26)10-13(16)11-18-19-17(22)9-12-3-5-14(6-4-12)20(23)24/h3-8,10-11H,2,9H2,1H3,(H,19,22)/b18-11+. The molecular formula is C17H16N4O6. The summed E-state index contributed by atoms with van der Waals surface area (Å²) in [6.45, 7) is 2.14. The van der Waals surface area contributed by atoms with Crippen LogP contribution < -0.4 is 10.2 Å². The molecule has 0 aliphatic carbocycles. The van der Waals surface area contributed by atoms with Crippen molar-refractivity contribution < 1.29 is 19.4 Å². The Morgan fingerprint density at radius 1 is 1.11 bits per heavy atom. The Kier molecular flexibility index (Phi) is 6.53. The number of hydrazone groups is 1. The molecule has 0 unspecified atom stereocenters. The second kappa shape index (κ2) is 9.04. The minimum absolute atomic E-state index is 0.0252. The summed E-state index contributed by atoms with van der Waals surface area (Å²) in [6, 6.07) is 9.64. The average Bonchev–Trinajstić information content (AvgIpc) is 2.63. The number of hydrogen-bond acceptors (Lipinski definition) is 7. The van der Waals surface area contributed by atoms with Crippen LogP contribution in [0, 0.1) is 20.2 Å². The number of amides is 1. The van der Waals surface area contributed by atoms with Crippen LogP contribution in [0.15, 0.2) is 47.6 Å². The highest BCUT2D eigenvalue weighted by atomic mass is 16.6. The van der Waals surface area contributed by atoms with Crippen LogP contribution in [0.1, 0.15) is 18.1 Å². The highest BCUT2D eigenvalue weighted by Crippen LogP contribution is 2.22. The molecule has 0 saturated carbocycles. The maximum absolute atomic E-state index is 11.9. The van der Waals surface area contributed by atoms with Gasteiger partial charge in [0.2, 0.25) is 5.91 Å². The first-order chi connectivity index (χ1) is 12.9. The van der Waals surface area contributed by atoms with Crippen LogP contribution in [0.3, 0.4) is 0 Å². The second-order valence-corrected chi connectivity index (χ2v) is 5.31. The van der Waals surface area contributed by atoms with Crippen LogP contribution in [-0.4, -0.2) is 28.6 Å². The van der Waals surface area contributed by atoms with Crippen LogP contribution in [0.5, 0.6) is 5.75 Å². The number of rotatable bonds is 8. The Morgan fingerprint density at radius 2 is 1.74 bits per heavy atom. The van der Waals surface area contributed by atoms with E-state index in [0.717, 1.165) is 0 Å². The first-order valence-corrected chi connectivity index (χ1v) is 7.87. The van der Waals surface area contributed by atoms with Gasteiger partial charge in [0.15, 0.2) is 0 Å². The van der Waals surface area contributed by atoms with E-state index in [1.807, 2.05) is 0 Å². The first kappa shape index (κ1) is 19.5. The molecule has 27 heavy (non-hydrogen) atoms. The lowest BCUT2D eigenvalue weighted by Gasteiger charge is -2.06. The molecule has 1 amide bonds. The Bertz CT molecular complexity index is 879. The van der Waals surface area contributed by atoms with Crippen LogP contribution in [0.2, 0.25) is 0 Å². The molecule has 1 N–H and O–H groups in total. The Morgan fingerprint density at radius 3 is 2.33 bits per heavy atom. The van der Waals surface area contributed by atoms with Crippen LogP contribution in [-0.2, 0) is 11.2 Å². The van der Waals surface area contributed by atoms with E-state index in [4.69, 9.17) is 4.74 Å². The number of carbonyl (C=O) groups excluding carboxylic acids is 1. The van der Waals surface area contributed by atoms with Crippen molar-refractivity contribution in [2.24, 2.45) is 5.10 Å². The largest absolute Gasteiger partial charge is 0.493 e. The van der Waals surface area contributed by atoms with E-state index in [-0.39, 0.29) is 17.8 Å². The van der Waals surface area contributed by atoms with Gasteiger partial charge >= 0.3 is 0 Å². The molecule has 0 aliphatic rings. The lowest BCUT2D eigenvalue weighted by atomic mass is 10.1. The molecule has 0 spiro atoms. The summed E-state index contributed by atoms with van der Waals surface area (Å²) in [5.74, 6) is -0.0417. The quantitative estimate of drug-likeness (QED) is 0.429. The lowest BCUT2D eigenvalue weighted by Crippen LogP contribution is -2.19. The van der Waals surface area contributed by atoms with Crippen LogP contribution in [0.25, 0.3) is 0 Å². The van der Waals surface area contributed by atoms with E-state index in [9.17, 15) is 25.0 Å². The van der Waals surface area contributed by atoms with Crippen LogP contribution >= 0.6 is 0 Å². The summed E-state index contributed by atoms with van der Waals surface area (Å²) < 4.78 is 5.37. The van der Waals surface area contributed by atoms with Gasteiger partial charge in [-0.1, -0.05) is 12.1 Å². The fourth-order valence-corrected chi connectivity index (χ4v) is 2.17. The number of nitro groups is 2. The predicted molar refractivity (Wildman–Crippen MR) is 96.8 cm³/mol. The summed E-state index contributed by atoms with van der Waals surface area (Å²) in [5, 5.41) is 25.3. The molecule has 0 atom stereocenters. The van der Waals surface area contributed by atoms with Gasteiger partial charge in [-0.3, -0.25) is 25.0 Å². The number of benzene rings is 2. The van der Waals surface area contributed by atoms with E-state index < -0.39 is 15.8 Å². The molecule has 2 aromatic carbocycles. The Balaban J connectivity index is 2.03. The molecule has 0 heterocycles. The third-order valence-electron chi connectivity index (χ3n) is 3.41. The SMILES string of the molecule is CCOc1ccc([N+](=O)[O-])cc1/C=N/NC(=O)Cc1ccc([N+](=O)[O-])cc1. The summed E-state index contributed by atoms with van der Waals surface area (Å²) in [6.07, 6.45) is 1.23. The van der Waals surface area contributed by atoms with E-state index in [1.54, 1.807) is 6.92 Å². The third kappa shape index (κ3) is 5.59. The molecule has 2 rings (SSSR count). The number of hydrogen-bond donors (Lipinski definition) is 1. The molecule has 0 saturated heterocycles. The van der Waals surface area contributed by atoms with Gasteiger partial charge in [-0.2, -0.15) is 5.10 Å². The van der Waals surface area contributed by atoms with Gasteiger partial charge in [0.05, 0.1) is 29.1 Å². The van der Waals surface area contributed by atoms with Crippen molar-refractivity contribution in [3.05, 3.63) is 73.8 Å². The number of ether oxygens (including phenoxy) is 1. The Labute approximate surface area is 153 Å². The fourth-order valence-electron chi connectivity index (χ4n) is 2.17. The van der Waals surface area contributed by atoms with Gasteiger partial charge in [0.25, 0.3) is 11.4 Å². The zero-order valence-electron chi connectivity index (χ0n) is 14.3. The van der Waals surface area contributed by atoms with Gasteiger partial charge in [-0.15, -0.1) is 0 Å². The lowest BCUT2D eigenvalue weighted by molar-refractivity contribution is -0.385. The van der Waals surface area contributed by atoms with E-state index in [2.05, 4.69) is 10.5 Å². The highest BCUT2D eigenvalue weighted by Gasteiger charge is 2.11. The molecule has 0 aliphatic heterocycles. The average molecular weight is 372 g/mol. The maximum Gasteiger partial charge on any atom is 0.270 e. The molecule has 0 aromatic heterocycles. The number of non-ortho nitro benzene ring substituents is 2. The van der Waals surface area contributed by atoms with E-state index >= 15 is 0 Å². The summed E-state index contributed by atoms with van der Waals surface area (Å²) in [7, 11) is 0. The first-order valence-electron chi connectivity index (χ1n) is 7.87. The maximum atomic E-state index is 11.9. The predicted octanol–water partition coefficient (Wildman–Crippen LogP) is 2.59. The third-order valence-corrected chi connectivity index (χ3v) is 3.41. The van der Waals surface area contributed by atoms with Gasteiger partial charge in [-0.25, -0.2) is 5.43 Å². The second-order valence-electron chi connectivity index (χ2n) is 5.31. The van der Waals surface area contributed by atoms with Crippen molar-refractivity contribution in [3.63, 3.8) is 0 Å². The van der Waals surface area contributed by atoms with Crippen molar-refractivity contribution in [2.75, 3.05) is 6.61 Å². The number of nitrogens with one attached hydrogen (secondary N) is 1. The number of carbonyl (C=O) groups is 1. The molecule has 140 valence electrons. The van der Waals surface area contributed by atoms with Crippen molar-refractivity contribution >= 4 is 23.5 Å². The molecular weight excluding hydrogens is 356 g/mol. The molecule has 0 bridgehead atoms. The highest BCUT2D eigenvalue weighted by molar-refractivity contribution is 5.86. The molecule has 0 radical (unpaired) electrons. The topological polar surface area (TPSA) is 137 Å². The normalized spacial score (nSPS) is 10.6. The van der Waals surface area contributed by atoms with Crippen molar-refractivity contribution in [1.29, 1.82) is 0 Å². The molecule has 10 nitrogen and oxygen atoms in total. The van der Waals surface area contributed by atoms with Gasteiger partial charge in [-0.05, 0) is 18.6 Å². The van der Waals surface area contributed by atoms with Gasteiger partial charge in [0.1, 0.15) is 5.75 Å². The van der Waals surface area contributed by atoms with E-state index in [0.29, 0.717) is 23.5 Å². The van der Waals surface area contributed by atoms with Crippen LogP contribution in [0.4, 0.5) is 11.4 Å². The zero-order valence-corrected chi connectivity index (χ0v) is 14.3. The fraction of sp³-hybridized carbons (Fsp3) is 0.176. The van der Waals surface area contributed by atoms with Gasteiger partial charge in [0, 0.05) is 29.8 Å². The minimum Gasteiger partial charge on any atom is -0.493 e. The number of nitrogens with zero attached hydrogens (tertiary/aromatic N) is 3. The van der Waals surface area contributed by atoms with Crippen molar-refractivity contribution in [1.82, 2.24) is 5.43 Å². The number of nitro benzene ring substituents is 2. The Hall–Kier alpha value is -3.82. The summed E-state index contributed by atoms with van der Waals surface area (Å²) in [5.41, 5.74) is 3.05.